The highest BCUT2D eigenvalue weighted by atomic mass is 32.2. The van der Waals surface area contributed by atoms with E-state index in [1.165, 1.54) is 27.2 Å². The number of benzene rings is 1. The third-order valence-corrected chi connectivity index (χ3v) is 6.13. The summed E-state index contributed by atoms with van der Waals surface area (Å²) in [5.41, 5.74) is 0.970. The highest BCUT2D eigenvalue weighted by molar-refractivity contribution is 7.88. The molecule has 0 aliphatic carbocycles. The summed E-state index contributed by atoms with van der Waals surface area (Å²) in [6.45, 7) is 1.60. The van der Waals surface area contributed by atoms with Crippen LogP contribution in [0.5, 0.6) is 0 Å². The van der Waals surface area contributed by atoms with Gasteiger partial charge in [0.05, 0.1) is 11.9 Å². The molecule has 0 bridgehead atoms. The number of amides is 1. The van der Waals surface area contributed by atoms with Crippen LogP contribution in [0.25, 0.3) is 11.3 Å². The van der Waals surface area contributed by atoms with E-state index in [9.17, 15) is 22.4 Å². The third kappa shape index (κ3) is 5.48. The second kappa shape index (κ2) is 8.83. The Morgan fingerprint density at radius 3 is 2.34 bits per heavy atom. The lowest BCUT2D eigenvalue weighted by atomic mass is 10.1. The van der Waals surface area contributed by atoms with Crippen molar-refractivity contribution in [3.05, 3.63) is 52.6 Å². The van der Waals surface area contributed by atoms with Crippen molar-refractivity contribution in [3.8, 4) is 11.3 Å². The quantitative estimate of drug-likeness (QED) is 0.691. The minimum absolute atomic E-state index is 0.0686. The lowest BCUT2D eigenvalue weighted by Gasteiger charge is -2.33. The van der Waals surface area contributed by atoms with Gasteiger partial charge in [0.1, 0.15) is 5.82 Å². The molecule has 8 nitrogen and oxygen atoms in total. The zero-order valence-electron chi connectivity index (χ0n) is 16.1. The van der Waals surface area contributed by atoms with E-state index in [1.54, 1.807) is 23.1 Å². The van der Waals surface area contributed by atoms with Crippen molar-refractivity contribution in [1.82, 2.24) is 19.0 Å². The number of nitrogens with zero attached hydrogens (tertiary/aromatic N) is 4. The van der Waals surface area contributed by atoms with Crippen molar-refractivity contribution in [3.63, 3.8) is 0 Å². The van der Waals surface area contributed by atoms with Crippen molar-refractivity contribution >= 4 is 15.9 Å². The maximum Gasteiger partial charge on any atom is 0.266 e. The first-order chi connectivity index (χ1) is 13.7. The Morgan fingerprint density at radius 1 is 1.07 bits per heavy atom. The molecule has 0 spiro atoms. The fraction of sp³-hybridized carbons (Fsp3) is 0.421. The number of rotatable bonds is 6. The molecular formula is C19H23FN4O4S. The van der Waals surface area contributed by atoms with Crippen molar-refractivity contribution in [2.75, 3.05) is 32.4 Å². The van der Waals surface area contributed by atoms with E-state index >= 15 is 0 Å². The van der Waals surface area contributed by atoms with E-state index in [-0.39, 0.29) is 30.2 Å². The van der Waals surface area contributed by atoms with Gasteiger partial charge in [-0.25, -0.2) is 17.5 Å². The van der Waals surface area contributed by atoms with Crippen molar-refractivity contribution in [1.29, 1.82) is 0 Å². The average molecular weight is 422 g/mol. The summed E-state index contributed by atoms with van der Waals surface area (Å²) in [7, 11) is -3.23. The molecule has 0 radical (unpaired) electrons. The number of carbonyl (C=O) groups excluding carboxylic acids is 1. The van der Waals surface area contributed by atoms with Crippen LogP contribution in [0.3, 0.4) is 0 Å². The van der Waals surface area contributed by atoms with Gasteiger partial charge in [-0.1, -0.05) is 0 Å². The Balaban J connectivity index is 1.55. The molecule has 0 unspecified atom stereocenters. The van der Waals surface area contributed by atoms with Crippen molar-refractivity contribution < 1.29 is 17.6 Å². The van der Waals surface area contributed by atoms with Crippen LogP contribution >= 0.6 is 0 Å². The van der Waals surface area contributed by atoms with Gasteiger partial charge in [-0.15, -0.1) is 0 Å². The van der Waals surface area contributed by atoms with Crippen LogP contribution in [-0.2, 0) is 21.4 Å². The van der Waals surface area contributed by atoms with E-state index in [2.05, 4.69) is 5.10 Å². The Labute approximate surface area is 168 Å². The Kier molecular flexibility index (Phi) is 6.43. The molecule has 1 aliphatic heterocycles. The molecule has 2 aromatic rings. The van der Waals surface area contributed by atoms with Gasteiger partial charge >= 0.3 is 0 Å². The Bertz CT molecular complexity index is 1030. The molecule has 1 amide bonds. The van der Waals surface area contributed by atoms with Gasteiger partial charge in [0.2, 0.25) is 15.9 Å². The summed E-state index contributed by atoms with van der Waals surface area (Å²) in [5.74, 6) is -0.418. The molecule has 0 saturated carbocycles. The van der Waals surface area contributed by atoms with Crippen LogP contribution < -0.4 is 5.56 Å². The zero-order chi connectivity index (χ0) is 21.0. The summed E-state index contributed by atoms with van der Waals surface area (Å²) in [6.07, 6.45) is 1.84. The standard InChI is InChI=1S/C19H23FN4O4S/c1-29(27,28)23-13-11-22(12-14-23)18(25)3-2-10-24-19(26)9-8-17(21-24)15-4-6-16(20)7-5-15/h4-9H,2-3,10-14H2,1H3. The lowest BCUT2D eigenvalue weighted by molar-refractivity contribution is -0.132. The largest absolute Gasteiger partial charge is 0.340 e. The van der Waals surface area contributed by atoms with Crippen LogP contribution in [-0.4, -0.2) is 65.7 Å². The fourth-order valence-corrected chi connectivity index (χ4v) is 4.02. The predicted octanol–water partition coefficient (Wildman–Crippen LogP) is 0.933. The van der Waals surface area contributed by atoms with Gasteiger partial charge in [0.25, 0.3) is 5.56 Å². The molecule has 1 saturated heterocycles. The molecule has 1 aromatic carbocycles. The molecule has 29 heavy (non-hydrogen) atoms. The van der Waals surface area contributed by atoms with Crippen molar-refractivity contribution in [2.24, 2.45) is 0 Å². The Morgan fingerprint density at radius 2 is 1.72 bits per heavy atom. The number of hydrogen-bond donors (Lipinski definition) is 0. The molecule has 1 aromatic heterocycles. The normalized spacial score (nSPS) is 15.4. The van der Waals surface area contributed by atoms with Crippen LogP contribution in [0.2, 0.25) is 0 Å². The number of aromatic nitrogens is 2. The third-order valence-electron chi connectivity index (χ3n) is 4.83. The molecular weight excluding hydrogens is 399 g/mol. The number of halogens is 1. The number of sulfonamides is 1. The zero-order valence-corrected chi connectivity index (χ0v) is 16.9. The van der Waals surface area contributed by atoms with E-state index < -0.39 is 10.0 Å². The van der Waals surface area contributed by atoms with Gasteiger partial charge in [-0.2, -0.15) is 9.40 Å². The van der Waals surface area contributed by atoms with Crippen LogP contribution in [0.15, 0.2) is 41.2 Å². The lowest BCUT2D eigenvalue weighted by Crippen LogP contribution is -2.50. The molecule has 3 rings (SSSR count). The molecule has 0 atom stereocenters. The highest BCUT2D eigenvalue weighted by Crippen LogP contribution is 2.16. The van der Waals surface area contributed by atoms with E-state index in [1.807, 2.05) is 0 Å². The molecule has 2 heterocycles. The molecule has 1 aliphatic rings. The minimum Gasteiger partial charge on any atom is -0.340 e. The summed E-state index contributed by atoms with van der Waals surface area (Å²) >= 11 is 0. The second-order valence-electron chi connectivity index (χ2n) is 6.93. The monoisotopic (exact) mass is 422 g/mol. The van der Waals surface area contributed by atoms with E-state index in [0.717, 1.165) is 6.26 Å². The topological polar surface area (TPSA) is 92.6 Å². The summed E-state index contributed by atoms with van der Waals surface area (Å²) in [5, 5.41) is 4.30. The summed E-state index contributed by atoms with van der Waals surface area (Å²) < 4.78 is 38.8. The second-order valence-corrected chi connectivity index (χ2v) is 8.92. The summed E-state index contributed by atoms with van der Waals surface area (Å²) in [6, 6.07) is 8.82. The molecule has 156 valence electrons. The maximum atomic E-state index is 13.1. The van der Waals surface area contributed by atoms with Crippen LogP contribution in [0.1, 0.15) is 12.8 Å². The minimum atomic E-state index is -3.23. The van der Waals surface area contributed by atoms with Gasteiger partial charge in [0, 0.05) is 50.8 Å². The number of hydrogen-bond acceptors (Lipinski definition) is 5. The first kappa shape index (κ1) is 21.1. The number of piperazine rings is 1. The van der Waals surface area contributed by atoms with E-state index in [0.29, 0.717) is 43.9 Å². The van der Waals surface area contributed by atoms with Crippen molar-refractivity contribution in [2.45, 2.75) is 19.4 Å². The predicted molar refractivity (Wildman–Crippen MR) is 106 cm³/mol. The van der Waals surface area contributed by atoms with Crippen LogP contribution in [0.4, 0.5) is 4.39 Å². The number of carbonyl (C=O) groups is 1. The number of aryl methyl sites for hydroxylation is 1. The Hall–Kier alpha value is -2.59. The smallest absolute Gasteiger partial charge is 0.266 e. The van der Waals surface area contributed by atoms with E-state index in [4.69, 9.17) is 0 Å². The molecule has 0 N–H and O–H groups in total. The first-order valence-corrected chi connectivity index (χ1v) is 11.2. The summed E-state index contributed by atoms with van der Waals surface area (Å²) in [4.78, 5) is 26.1. The SMILES string of the molecule is CS(=O)(=O)N1CCN(C(=O)CCCn2nc(-c3ccc(F)cc3)ccc2=O)CC1. The molecule has 10 heteroatoms. The van der Waals surface area contributed by atoms with Crippen LogP contribution in [0, 0.1) is 5.82 Å². The van der Waals surface area contributed by atoms with Gasteiger partial charge in [-0.3, -0.25) is 9.59 Å². The maximum absolute atomic E-state index is 13.1. The van der Waals surface area contributed by atoms with Gasteiger partial charge in [0.15, 0.2) is 0 Å². The first-order valence-electron chi connectivity index (χ1n) is 9.31. The molecule has 1 fully saturated rings. The van der Waals surface area contributed by atoms with Gasteiger partial charge in [-0.05, 0) is 36.8 Å². The fourth-order valence-electron chi connectivity index (χ4n) is 3.19. The highest BCUT2D eigenvalue weighted by Gasteiger charge is 2.25. The van der Waals surface area contributed by atoms with Gasteiger partial charge < -0.3 is 4.90 Å². The average Bonchev–Trinajstić information content (AvgIpc) is 2.69.